The molecule has 8 nitrogen and oxygen atoms in total. The van der Waals surface area contributed by atoms with Crippen LogP contribution < -0.4 is 14.6 Å². The zero-order valence-electron chi connectivity index (χ0n) is 19.9. The van der Waals surface area contributed by atoms with Crippen LogP contribution >= 0.6 is 23.5 Å². The molecule has 2 atom stereocenters. The lowest BCUT2D eigenvalue weighted by atomic mass is 9.91. The van der Waals surface area contributed by atoms with Crippen LogP contribution in [0.4, 0.5) is 4.39 Å². The average Bonchev–Trinajstić information content (AvgIpc) is 3.30. The lowest BCUT2D eigenvalue weighted by Crippen LogP contribution is -2.40. The van der Waals surface area contributed by atoms with E-state index in [-0.39, 0.29) is 18.3 Å². The highest BCUT2D eigenvalue weighted by molar-refractivity contribution is 7.98. The molecule has 1 aliphatic rings. The van der Waals surface area contributed by atoms with Gasteiger partial charge in [-0.15, -0.1) is 0 Å². The Morgan fingerprint density at radius 2 is 1.84 bits per heavy atom. The number of nitrogens with zero attached hydrogens (tertiary/aromatic N) is 3. The van der Waals surface area contributed by atoms with Gasteiger partial charge in [-0.1, -0.05) is 54.1 Å². The summed E-state index contributed by atoms with van der Waals surface area (Å²) in [6.07, 6.45) is 0. The van der Waals surface area contributed by atoms with E-state index < -0.39 is 16.3 Å². The molecule has 3 aromatic carbocycles. The van der Waals surface area contributed by atoms with Gasteiger partial charge in [0, 0.05) is 21.9 Å². The third-order valence-electron chi connectivity index (χ3n) is 5.45. The summed E-state index contributed by atoms with van der Waals surface area (Å²) in [6.45, 7) is 2.26. The molecule has 0 saturated heterocycles. The van der Waals surface area contributed by atoms with E-state index in [2.05, 4.69) is 14.4 Å². The number of nitrogens with one attached hydrogen (secondary N) is 2. The van der Waals surface area contributed by atoms with Gasteiger partial charge in [-0.25, -0.2) is 19.5 Å². The minimum absolute atomic E-state index is 0.0980. The summed E-state index contributed by atoms with van der Waals surface area (Å²) in [5.41, 5.74) is 2.63. The van der Waals surface area contributed by atoms with Crippen molar-refractivity contribution in [1.82, 2.24) is 14.5 Å². The van der Waals surface area contributed by atoms with Gasteiger partial charge in [0.25, 0.3) is 10.2 Å². The van der Waals surface area contributed by atoms with Crippen molar-refractivity contribution in [3.63, 3.8) is 0 Å². The van der Waals surface area contributed by atoms with Gasteiger partial charge in [-0.05, 0) is 66.4 Å². The van der Waals surface area contributed by atoms with Crippen LogP contribution in [0, 0.1) is 5.82 Å². The maximum atomic E-state index is 13.6. The lowest BCUT2D eigenvalue weighted by Gasteiger charge is -2.20. The quantitative estimate of drug-likeness (QED) is 0.218. The van der Waals surface area contributed by atoms with Gasteiger partial charge in [0.2, 0.25) is 5.96 Å². The summed E-state index contributed by atoms with van der Waals surface area (Å²) in [5.74, 6) is 0.00955. The van der Waals surface area contributed by atoms with E-state index in [9.17, 15) is 12.8 Å². The molecule has 2 unspecified atom stereocenters. The van der Waals surface area contributed by atoms with Gasteiger partial charge in [-0.3, -0.25) is 4.72 Å². The van der Waals surface area contributed by atoms with Crippen LogP contribution in [0.1, 0.15) is 24.0 Å². The van der Waals surface area contributed by atoms with E-state index >= 15 is 0 Å². The van der Waals surface area contributed by atoms with Crippen LogP contribution in [0.5, 0.6) is 0 Å². The van der Waals surface area contributed by atoms with Crippen molar-refractivity contribution < 1.29 is 12.8 Å². The fourth-order valence-electron chi connectivity index (χ4n) is 3.78. The van der Waals surface area contributed by atoms with Crippen molar-refractivity contribution in [3.8, 4) is 0 Å². The van der Waals surface area contributed by atoms with Crippen LogP contribution in [0.2, 0.25) is 5.02 Å². The van der Waals surface area contributed by atoms with Gasteiger partial charge in [0.15, 0.2) is 0 Å². The maximum Gasteiger partial charge on any atom is 0.274 e. The molecule has 0 radical (unpaired) electrons. The first-order valence-electron chi connectivity index (χ1n) is 11.4. The summed E-state index contributed by atoms with van der Waals surface area (Å²) in [5, 5.41) is 12.3. The molecule has 0 aromatic heterocycles. The van der Waals surface area contributed by atoms with E-state index in [4.69, 9.17) is 21.8 Å². The third-order valence-corrected chi connectivity index (χ3v) is 7.23. The Morgan fingerprint density at radius 3 is 2.49 bits per heavy atom. The summed E-state index contributed by atoms with van der Waals surface area (Å²) < 4.78 is 42.1. The van der Waals surface area contributed by atoms with Crippen molar-refractivity contribution in [3.05, 3.63) is 101 Å². The monoisotopic (exact) mass is 560 g/mol. The molecule has 0 bridgehead atoms. The Labute approximate surface area is 225 Å². The minimum Gasteiger partial charge on any atom is -0.295 e. The highest BCUT2D eigenvalue weighted by atomic mass is 35.5. The number of rotatable bonds is 8. The maximum absolute atomic E-state index is 13.6. The lowest BCUT2D eigenvalue weighted by molar-refractivity contribution is 0.462. The number of nitrogens with two attached hydrogens (primary N) is 1. The molecule has 0 amide bonds. The standard InChI is InChI=1S/C25H26ClFN6O2S2/c1-17(32-37(28,34)35)15-29-25(31-36-22-13-9-20(26)10-14-22)33-16-23(18-5-3-2-4-6-18)24(30-33)19-7-11-21(27)12-8-19/h2-14,17,23,32H,15-16H2,1H3,(H,29,31)(H2,28,34,35). The number of hydrogen-bond donors (Lipinski definition) is 3. The van der Waals surface area contributed by atoms with Gasteiger partial charge in [0.05, 0.1) is 18.8 Å². The molecular formula is C25H26ClFN6O2S2. The molecule has 12 heteroatoms. The van der Waals surface area contributed by atoms with Crippen molar-refractivity contribution in [2.24, 2.45) is 15.2 Å². The van der Waals surface area contributed by atoms with Crippen LogP contribution in [-0.4, -0.2) is 44.2 Å². The average molecular weight is 561 g/mol. The van der Waals surface area contributed by atoms with Crippen molar-refractivity contribution in [2.45, 2.75) is 23.8 Å². The SMILES string of the molecule is CC(CN=C(NSc1ccc(Cl)cc1)N1CC(c2ccccc2)C(c2ccc(F)cc2)=N1)NS(N)(=O)=O. The van der Waals surface area contributed by atoms with E-state index in [0.717, 1.165) is 21.7 Å². The van der Waals surface area contributed by atoms with Gasteiger partial charge in [0.1, 0.15) is 5.82 Å². The first kappa shape index (κ1) is 27.1. The van der Waals surface area contributed by atoms with Crippen LogP contribution in [-0.2, 0) is 10.2 Å². The number of aliphatic imine (C=N–C) groups is 1. The number of halogens is 2. The van der Waals surface area contributed by atoms with Crippen molar-refractivity contribution >= 4 is 45.4 Å². The van der Waals surface area contributed by atoms with E-state index in [1.54, 1.807) is 36.2 Å². The molecule has 0 fully saturated rings. The van der Waals surface area contributed by atoms with Crippen LogP contribution in [0.3, 0.4) is 0 Å². The van der Waals surface area contributed by atoms with Crippen LogP contribution in [0.25, 0.3) is 0 Å². The molecular weight excluding hydrogens is 535 g/mol. The molecule has 0 spiro atoms. The first-order chi connectivity index (χ1) is 17.7. The first-order valence-corrected chi connectivity index (χ1v) is 14.1. The topological polar surface area (TPSA) is 112 Å². The minimum atomic E-state index is -3.87. The third kappa shape index (κ3) is 7.76. The summed E-state index contributed by atoms with van der Waals surface area (Å²) >= 11 is 7.33. The highest BCUT2D eigenvalue weighted by Crippen LogP contribution is 2.29. The Kier molecular flexibility index (Phi) is 8.83. The predicted molar refractivity (Wildman–Crippen MR) is 147 cm³/mol. The van der Waals surface area contributed by atoms with Crippen LogP contribution in [0.15, 0.2) is 93.9 Å². The number of hydrogen-bond acceptors (Lipinski definition) is 5. The van der Waals surface area contributed by atoms with E-state index in [1.807, 2.05) is 42.5 Å². The predicted octanol–water partition coefficient (Wildman–Crippen LogP) is 4.12. The molecule has 37 heavy (non-hydrogen) atoms. The Balaban J connectivity index is 1.65. The van der Waals surface area contributed by atoms with E-state index in [0.29, 0.717) is 17.5 Å². The zero-order chi connectivity index (χ0) is 26.4. The van der Waals surface area contributed by atoms with Crippen molar-refractivity contribution in [1.29, 1.82) is 0 Å². The number of guanidine groups is 1. The largest absolute Gasteiger partial charge is 0.295 e. The molecule has 3 aromatic rings. The zero-order valence-corrected chi connectivity index (χ0v) is 22.3. The normalized spacial score (nSPS) is 17.0. The molecule has 1 aliphatic heterocycles. The van der Waals surface area contributed by atoms with Gasteiger partial charge < -0.3 is 0 Å². The second-order valence-electron chi connectivity index (χ2n) is 8.42. The van der Waals surface area contributed by atoms with Gasteiger partial charge in [-0.2, -0.15) is 18.2 Å². The fraction of sp³-hybridized carbons (Fsp3) is 0.200. The number of benzene rings is 3. The van der Waals surface area contributed by atoms with Gasteiger partial charge >= 0.3 is 0 Å². The highest BCUT2D eigenvalue weighted by Gasteiger charge is 2.31. The van der Waals surface area contributed by atoms with E-state index in [1.165, 1.54) is 24.1 Å². The molecule has 1 heterocycles. The summed E-state index contributed by atoms with van der Waals surface area (Å²) in [7, 11) is -3.87. The molecule has 194 valence electrons. The smallest absolute Gasteiger partial charge is 0.274 e. The second-order valence-corrected chi connectivity index (χ2v) is 11.1. The number of hydrazone groups is 1. The fourth-order valence-corrected chi connectivity index (χ4v) is 5.19. The molecule has 0 aliphatic carbocycles. The Morgan fingerprint density at radius 1 is 1.16 bits per heavy atom. The molecule has 4 N–H and O–H groups in total. The summed E-state index contributed by atoms with van der Waals surface area (Å²) in [6, 6.07) is 22.9. The Hall–Kier alpha value is -2.96. The Bertz CT molecular complexity index is 1370. The molecule has 0 saturated carbocycles. The van der Waals surface area contributed by atoms with Crippen molar-refractivity contribution in [2.75, 3.05) is 13.1 Å². The second kappa shape index (κ2) is 12.1. The summed E-state index contributed by atoms with van der Waals surface area (Å²) in [4.78, 5) is 5.53. The molecule has 4 rings (SSSR count).